The molecule has 0 atom stereocenters. The molecule has 1 aliphatic heterocycles. The fourth-order valence-electron chi connectivity index (χ4n) is 2.54. The van der Waals surface area contributed by atoms with Crippen LogP contribution in [-0.4, -0.2) is 47.8 Å². The average molecular weight is 283 g/mol. The number of rotatable bonds is 3. The Morgan fingerprint density at radius 2 is 1.62 bits per heavy atom. The highest BCUT2D eigenvalue weighted by Gasteiger charge is 2.27. The maximum absolute atomic E-state index is 12.2. The molecule has 0 radical (unpaired) electrons. The van der Waals surface area contributed by atoms with Crippen molar-refractivity contribution in [3.8, 4) is 0 Å². The quantitative estimate of drug-likeness (QED) is 0.687. The Kier molecular flexibility index (Phi) is 3.73. The molecule has 0 unspecified atom stereocenters. The van der Waals surface area contributed by atoms with Crippen molar-refractivity contribution in [2.24, 2.45) is 0 Å². The lowest BCUT2D eigenvalue weighted by Gasteiger charge is -2.35. The van der Waals surface area contributed by atoms with Crippen molar-refractivity contribution in [3.05, 3.63) is 54.4 Å². The smallest absolute Gasteiger partial charge is 0.296 e. The third-order valence-electron chi connectivity index (χ3n) is 3.73. The fraction of sp³-hybridized carbons (Fsp3) is 0.250. The molecule has 1 amide bonds. The topological polar surface area (TPSA) is 56.4 Å². The van der Waals surface area contributed by atoms with E-state index in [0.717, 1.165) is 18.8 Å². The molecular formula is C16H17N3O2. The lowest BCUT2D eigenvalue weighted by atomic mass is 10.2. The van der Waals surface area contributed by atoms with Crippen LogP contribution in [0.1, 0.15) is 10.5 Å². The van der Waals surface area contributed by atoms with Crippen molar-refractivity contribution in [3.63, 3.8) is 0 Å². The first kappa shape index (κ1) is 13.4. The highest BCUT2D eigenvalue weighted by molar-refractivity contribution is 6.42. The number of anilines is 1. The van der Waals surface area contributed by atoms with Crippen LogP contribution >= 0.6 is 0 Å². The molecule has 3 rings (SSSR count). The summed E-state index contributed by atoms with van der Waals surface area (Å²) < 4.78 is 0. The maximum Gasteiger partial charge on any atom is 0.296 e. The van der Waals surface area contributed by atoms with E-state index >= 15 is 0 Å². The summed E-state index contributed by atoms with van der Waals surface area (Å²) in [5.41, 5.74) is 1.51. The van der Waals surface area contributed by atoms with Crippen LogP contribution in [0.25, 0.3) is 0 Å². The molecule has 21 heavy (non-hydrogen) atoms. The summed E-state index contributed by atoms with van der Waals surface area (Å²) in [5.74, 6) is -0.890. The molecule has 0 saturated carbocycles. The van der Waals surface area contributed by atoms with Crippen LogP contribution in [0, 0.1) is 0 Å². The number of H-pyrrole nitrogens is 1. The van der Waals surface area contributed by atoms with Crippen LogP contribution in [0.5, 0.6) is 0 Å². The van der Waals surface area contributed by atoms with Crippen LogP contribution in [0.15, 0.2) is 48.7 Å². The first-order valence-corrected chi connectivity index (χ1v) is 7.03. The second-order valence-corrected chi connectivity index (χ2v) is 5.03. The molecule has 0 aliphatic carbocycles. The number of ketones is 1. The van der Waals surface area contributed by atoms with E-state index in [1.807, 2.05) is 18.2 Å². The number of piperazine rings is 1. The molecule has 1 saturated heterocycles. The number of aromatic nitrogens is 1. The largest absolute Gasteiger partial charge is 0.368 e. The minimum atomic E-state index is -0.465. The molecular weight excluding hydrogens is 266 g/mol. The zero-order valence-electron chi connectivity index (χ0n) is 11.7. The van der Waals surface area contributed by atoms with Gasteiger partial charge in [-0.3, -0.25) is 9.59 Å². The fourth-order valence-corrected chi connectivity index (χ4v) is 2.54. The second kappa shape index (κ2) is 5.83. The molecule has 1 aliphatic rings. The van der Waals surface area contributed by atoms with Crippen LogP contribution in [-0.2, 0) is 4.79 Å². The molecule has 2 aromatic rings. The lowest BCUT2D eigenvalue weighted by molar-refractivity contribution is -0.126. The van der Waals surface area contributed by atoms with Gasteiger partial charge in [0.05, 0.1) is 5.69 Å². The van der Waals surface area contributed by atoms with Crippen molar-refractivity contribution >= 4 is 17.4 Å². The van der Waals surface area contributed by atoms with Gasteiger partial charge in [0.15, 0.2) is 0 Å². The zero-order valence-corrected chi connectivity index (χ0v) is 11.7. The Labute approximate surface area is 123 Å². The Balaban J connectivity index is 1.61. The summed E-state index contributed by atoms with van der Waals surface area (Å²) in [6.07, 6.45) is 1.65. The average Bonchev–Trinajstić information content (AvgIpc) is 3.09. The highest BCUT2D eigenvalue weighted by Crippen LogP contribution is 2.16. The molecule has 5 nitrogen and oxygen atoms in total. The summed E-state index contributed by atoms with van der Waals surface area (Å²) in [4.78, 5) is 30.8. The Bertz CT molecular complexity index is 614. The number of hydrogen-bond acceptors (Lipinski definition) is 3. The predicted molar refractivity (Wildman–Crippen MR) is 80.4 cm³/mol. The van der Waals surface area contributed by atoms with Gasteiger partial charge in [0.2, 0.25) is 0 Å². The molecule has 108 valence electrons. The number of para-hydroxylation sites is 1. The van der Waals surface area contributed by atoms with Gasteiger partial charge in [0.25, 0.3) is 11.7 Å². The molecule has 1 aromatic heterocycles. The zero-order chi connectivity index (χ0) is 14.7. The number of nitrogens with zero attached hydrogens (tertiary/aromatic N) is 2. The summed E-state index contributed by atoms with van der Waals surface area (Å²) in [5, 5.41) is 0. The van der Waals surface area contributed by atoms with Crippen LogP contribution in [0.4, 0.5) is 5.69 Å². The van der Waals surface area contributed by atoms with Gasteiger partial charge in [0.1, 0.15) is 0 Å². The van der Waals surface area contributed by atoms with Gasteiger partial charge in [0, 0.05) is 38.1 Å². The van der Waals surface area contributed by atoms with Gasteiger partial charge < -0.3 is 14.8 Å². The third-order valence-corrected chi connectivity index (χ3v) is 3.73. The van der Waals surface area contributed by atoms with Crippen molar-refractivity contribution in [1.29, 1.82) is 0 Å². The lowest BCUT2D eigenvalue weighted by Crippen LogP contribution is -2.50. The number of amides is 1. The summed E-state index contributed by atoms with van der Waals surface area (Å²) >= 11 is 0. The third kappa shape index (κ3) is 2.81. The first-order valence-electron chi connectivity index (χ1n) is 7.03. The van der Waals surface area contributed by atoms with Gasteiger partial charge in [-0.05, 0) is 24.3 Å². The van der Waals surface area contributed by atoms with E-state index in [1.54, 1.807) is 23.2 Å². The molecule has 1 fully saturated rings. The molecule has 1 N–H and O–H groups in total. The van der Waals surface area contributed by atoms with E-state index in [2.05, 4.69) is 22.0 Å². The van der Waals surface area contributed by atoms with Gasteiger partial charge in [-0.25, -0.2) is 0 Å². The summed E-state index contributed by atoms with van der Waals surface area (Å²) in [7, 11) is 0. The standard InChI is InChI=1S/C16H17N3O2/c20-15(14-7-4-8-17-14)16(21)19-11-9-18(10-12-19)13-5-2-1-3-6-13/h1-8,17H,9-12H2. The van der Waals surface area contributed by atoms with Gasteiger partial charge in [-0.15, -0.1) is 0 Å². The van der Waals surface area contributed by atoms with Gasteiger partial charge in [-0.1, -0.05) is 18.2 Å². The van der Waals surface area contributed by atoms with Gasteiger partial charge in [-0.2, -0.15) is 0 Å². The van der Waals surface area contributed by atoms with Gasteiger partial charge >= 0.3 is 0 Å². The number of benzene rings is 1. The van der Waals surface area contributed by atoms with Crippen molar-refractivity contribution in [2.45, 2.75) is 0 Å². The predicted octanol–water partition coefficient (Wildman–Crippen LogP) is 1.55. The van der Waals surface area contributed by atoms with E-state index in [0.29, 0.717) is 18.8 Å². The number of nitrogens with one attached hydrogen (secondary N) is 1. The van der Waals surface area contributed by atoms with E-state index in [9.17, 15) is 9.59 Å². The van der Waals surface area contributed by atoms with Crippen molar-refractivity contribution < 1.29 is 9.59 Å². The van der Waals surface area contributed by atoms with Crippen LogP contribution in [0.3, 0.4) is 0 Å². The van der Waals surface area contributed by atoms with E-state index in [4.69, 9.17) is 0 Å². The molecule has 0 bridgehead atoms. The van der Waals surface area contributed by atoms with Crippen molar-refractivity contribution in [1.82, 2.24) is 9.88 Å². The minimum absolute atomic E-state index is 0.352. The second-order valence-electron chi connectivity index (χ2n) is 5.03. The summed E-state index contributed by atoms with van der Waals surface area (Å²) in [6, 6.07) is 13.4. The molecule has 0 spiro atoms. The van der Waals surface area contributed by atoms with E-state index in [-0.39, 0.29) is 0 Å². The number of carbonyl (C=O) groups is 2. The normalized spacial score (nSPS) is 15.0. The van der Waals surface area contributed by atoms with E-state index in [1.165, 1.54) is 0 Å². The Hall–Kier alpha value is -2.56. The highest BCUT2D eigenvalue weighted by atomic mass is 16.2. The van der Waals surface area contributed by atoms with Crippen LogP contribution in [0.2, 0.25) is 0 Å². The summed E-state index contributed by atoms with van der Waals surface area (Å²) in [6.45, 7) is 2.63. The first-order chi connectivity index (χ1) is 10.3. The number of Topliss-reactive ketones (excluding diaryl/α,β-unsaturated/α-hetero) is 1. The number of carbonyl (C=O) groups excluding carboxylic acids is 2. The number of hydrogen-bond donors (Lipinski definition) is 1. The SMILES string of the molecule is O=C(C(=O)N1CCN(c2ccccc2)CC1)c1ccc[nH]1. The monoisotopic (exact) mass is 283 g/mol. The maximum atomic E-state index is 12.2. The minimum Gasteiger partial charge on any atom is -0.368 e. The molecule has 1 aromatic carbocycles. The molecule has 2 heterocycles. The van der Waals surface area contributed by atoms with E-state index < -0.39 is 11.7 Å². The number of aromatic amines is 1. The van der Waals surface area contributed by atoms with Crippen molar-refractivity contribution in [2.75, 3.05) is 31.1 Å². The Morgan fingerprint density at radius 3 is 2.24 bits per heavy atom. The Morgan fingerprint density at radius 1 is 0.905 bits per heavy atom. The molecule has 5 heteroatoms. The van der Waals surface area contributed by atoms with Crippen LogP contribution < -0.4 is 4.90 Å².